The van der Waals surface area contributed by atoms with E-state index in [0.717, 1.165) is 0 Å². The first-order valence-electron chi connectivity index (χ1n) is 10.9. The van der Waals surface area contributed by atoms with Crippen molar-refractivity contribution in [2.24, 2.45) is 0 Å². The van der Waals surface area contributed by atoms with Gasteiger partial charge in [0, 0.05) is 31.8 Å². The number of carbonyl (C=O) groups excluding carboxylic acids is 2. The third-order valence-electron chi connectivity index (χ3n) is 5.96. The van der Waals surface area contributed by atoms with Crippen LogP contribution in [-0.2, 0) is 11.3 Å². The highest BCUT2D eigenvalue weighted by Gasteiger charge is 2.35. The first-order chi connectivity index (χ1) is 16.7. The van der Waals surface area contributed by atoms with E-state index < -0.39 is 0 Å². The maximum atomic E-state index is 13.4. The van der Waals surface area contributed by atoms with Crippen LogP contribution in [0.3, 0.4) is 0 Å². The zero-order valence-electron chi connectivity index (χ0n) is 19.8. The summed E-state index contributed by atoms with van der Waals surface area (Å²) in [6, 6.07) is 1.03. The van der Waals surface area contributed by atoms with E-state index in [0.29, 0.717) is 41.7 Å². The molecule has 0 spiro atoms. The molecule has 0 saturated carbocycles. The number of benzene rings is 1. The Morgan fingerprint density at radius 2 is 1.74 bits per heavy atom. The Morgan fingerprint density at radius 3 is 2.34 bits per heavy atom. The van der Waals surface area contributed by atoms with Crippen LogP contribution in [0, 0.1) is 0 Å². The highest BCUT2D eigenvalue weighted by atomic mass is 35.5. The predicted octanol–water partition coefficient (Wildman–Crippen LogP) is 4.01. The van der Waals surface area contributed by atoms with Crippen LogP contribution in [0.5, 0.6) is 11.5 Å². The normalized spacial score (nSPS) is 19.3. The van der Waals surface area contributed by atoms with Crippen molar-refractivity contribution in [1.29, 1.82) is 0 Å². The van der Waals surface area contributed by atoms with Gasteiger partial charge in [-0.05, 0) is 12.8 Å². The maximum absolute atomic E-state index is 13.4. The lowest BCUT2D eigenvalue weighted by atomic mass is 9.96. The summed E-state index contributed by atoms with van der Waals surface area (Å²) in [7, 11) is 4.56. The van der Waals surface area contributed by atoms with Gasteiger partial charge < -0.3 is 20.1 Å². The number of halogens is 2. The maximum Gasteiger partial charge on any atom is 0.330 e. The van der Waals surface area contributed by atoms with Crippen molar-refractivity contribution >= 4 is 52.6 Å². The highest BCUT2D eigenvalue weighted by molar-refractivity contribution is 6.42. The number of fused-ring (bicyclic) bond motifs is 1. The molecular formula is C23H26Cl2N6O4. The summed E-state index contributed by atoms with van der Waals surface area (Å²) in [6.45, 7) is 1.64. The van der Waals surface area contributed by atoms with Gasteiger partial charge in [-0.1, -0.05) is 35.4 Å². The molecule has 12 heteroatoms. The summed E-state index contributed by atoms with van der Waals surface area (Å²) in [5, 5.41) is 6.64. The SMILES string of the molecule is COc1cc(OC)c(Cl)c(N2Cc3cnc(NC4CC=CCC4NC(C)=O)nc3N(C)C2=O)c1Cl. The van der Waals surface area contributed by atoms with E-state index in [4.69, 9.17) is 32.7 Å². The van der Waals surface area contributed by atoms with E-state index in [1.807, 2.05) is 6.08 Å². The molecule has 2 aliphatic rings. The van der Waals surface area contributed by atoms with Crippen LogP contribution in [0.4, 0.5) is 22.2 Å². The standard InChI is InChI=1S/C23H26Cl2N6O4/c1-12(32)27-14-7-5-6-8-15(14)28-22-26-10-13-11-31(23(33)30(2)21(13)29-22)20-18(24)16(34-3)9-17(35-4)19(20)25/h5-6,9-10,14-15H,7-8,11H2,1-4H3,(H,27,32)(H,26,28,29). The lowest BCUT2D eigenvalue weighted by molar-refractivity contribution is -0.119. The molecule has 1 aromatic carbocycles. The Balaban J connectivity index is 1.64. The monoisotopic (exact) mass is 520 g/mol. The minimum Gasteiger partial charge on any atom is -0.495 e. The van der Waals surface area contributed by atoms with Gasteiger partial charge in [0.2, 0.25) is 11.9 Å². The van der Waals surface area contributed by atoms with Gasteiger partial charge in [0.15, 0.2) is 0 Å². The zero-order valence-corrected chi connectivity index (χ0v) is 21.3. The molecular weight excluding hydrogens is 495 g/mol. The van der Waals surface area contributed by atoms with Crippen LogP contribution in [0.2, 0.25) is 10.0 Å². The topological polar surface area (TPSA) is 109 Å². The first-order valence-corrected chi connectivity index (χ1v) is 11.7. The van der Waals surface area contributed by atoms with E-state index in [1.54, 1.807) is 19.3 Å². The average Bonchev–Trinajstić information content (AvgIpc) is 2.83. The Kier molecular flexibility index (Phi) is 7.23. The zero-order chi connectivity index (χ0) is 25.3. The average molecular weight is 521 g/mol. The Hall–Kier alpha value is -3.24. The molecule has 2 N–H and O–H groups in total. The smallest absolute Gasteiger partial charge is 0.330 e. The highest BCUT2D eigenvalue weighted by Crippen LogP contribution is 2.47. The molecule has 2 aromatic rings. The van der Waals surface area contributed by atoms with Crippen molar-refractivity contribution in [2.75, 3.05) is 36.4 Å². The van der Waals surface area contributed by atoms with Crippen LogP contribution in [0.25, 0.3) is 0 Å². The first kappa shape index (κ1) is 24.9. The van der Waals surface area contributed by atoms with Gasteiger partial charge in [-0.2, -0.15) is 4.98 Å². The Bertz CT molecular complexity index is 1160. The summed E-state index contributed by atoms with van der Waals surface area (Å²) >= 11 is 13.1. The second-order valence-electron chi connectivity index (χ2n) is 8.23. The quantitative estimate of drug-likeness (QED) is 0.553. The van der Waals surface area contributed by atoms with E-state index in [-0.39, 0.29) is 46.3 Å². The fraction of sp³-hybridized carbons (Fsp3) is 0.391. The van der Waals surface area contributed by atoms with Gasteiger partial charge in [0.25, 0.3) is 0 Å². The molecule has 186 valence electrons. The molecule has 3 amide bonds. The Labute approximate surface area is 213 Å². The number of methoxy groups -OCH3 is 2. The van der Waals surface area contributed by atoms with Crippen molar-refractivity contribution in [1.82, 2.24) is 15.3 Å². The van der Waals surface area contributed by atoms with Crippen molar-refractivity contribution in [3.63, 3.8) is 0 Å². The fourth-order valence-corrected chi connectivity index (χ4v) is 4.93. The predicted molar refractivity (Wildman–Crippen MR) is 135 cm³/mol. The molecule has 0 saturated heterocycles. The van der Waals surface area contributed by atoms with Gasteiger partial charge >= 0.3 is 6.03 Å². The van der Waals surface area contributed by atoms with Crippen molar-refractivity contribution in [3.8, 4) is 11.5 Å². The molecule has 2 atom stereocenters. The molecule has 0 radical (unpaired) electrons. The summed E-state index contributed by atoms with van der Waals surface area (Å²) in [5.41, 5.74) is 0.981. The molecule has 1 aromatic heterocycles. The second-order valence-corrected chi connectivity index (χ2v) is 8.98. The van der Waals surface area contributed by atoms with Crippen LogP contribution in [0.15, 0.2) is 24.4 Å². The molecule has 2 unspecified atom stereocenters. The number of anilines is 3. The van der Waals surface area contributed by atoms with E-state index >= 15 is 0 Å². The number of urea groups is 1. The largest absolute Gasteiger partial charge is 0.495 e. The number of amides is 3. The number of hydrogen-bond acceptors (Lipinski definition) is 7. The lowest BCUT2D eigenvalue weighted by Crippen LogP contribution is -2.48. The van der Waals surface area contributed by atoms with Gasteiger partial charge in [-0.25, -0.2) is 9.78 Å². The van der Waals surface area contributed by atoms with Crippen LogP contribution < -0.4 is 29.9 Å². The minimum absolute atomic E-state index is 0.0788. The summed E-state index contributed by atoms with van der Waals surface area (Å²) in [6.07, 6.45) is 7.17. The molecule has 0 fully saturated rings. The van der Waals surface area contributed by atoms with Crippen molar-refractivity contribution < 1.29 is 19.1 Å². The molecule has 1 aliphatic heterocycles. The van der Waals surface area contributed by atoms with Gasteiger partial charge in [0.05, 0.1) is 38.5 Å². The van der Waals surface area contributed by atoms with Crippen LogP contribution >= 0.6 is 23.2 Å². The molecule has 10 nitrogen and oxygen atoms in total. The summed E-state index contributed by atoms with van der Waals surface area (Å²) in [5.74, 6) is 1.39. The molecule has 4 rings (SSSR count). The Morgan fingerprint density at radius 1 is 1.11 bits per heavy atom. The number of nitrogens with zero attached hydrogens (tertiary/aromatic N) is 4. The van der Waals surface area contributed by atoms with E-state index in [9.17, 15) is 9.59 Å². The van der Waals surface area contributed by atoms with E-state index in [2.05, 4.69) is 26.7 Å². The number of nitrogens with one attached hydrogen (secondary N) is 2. The van der Waals surface area contributed by atoms with Crippen molar-refractivity contribution in [2.45, 2.75) is 38.4 Å². The van der Waals surface area contributed by atoms with Crippen LogP contribution in [-0.4, -0.2) is 55.3 Å². The number of carbonyl (C=O) groups is 2. The lowest BCUT2D eigenvalue weighted by Gasteiger charge is -2.35. The van der Waals surface area contributed by atoms with Gasteiger partial charge in [-0.15, -0.1) is 0 Å². The summed E-state index contributed by atoms with van der Waals surface area (Å²) in [4.78, 5) is 36.9. The third kappa shape index (κ3) is 4.81. The fourth-order valence-electron chi connectivity index (χ4n) is 4.22. The molecule has 35 heavy (non-hydrogen) atoms. The number of hydrogen-bond donors (Lipinski definition) is 2. The second kappa shape index (κ2) is 10.2. The summed E-state index contributed by atoms with van der Waals surface area (Å²) < 4.78 is 10.7. The number of ether oxygens (including phenoxy) is 2. The molecule has 0 bridgehead atoms. The van der Waals surface area contributed by atoms with Gasteiger partial charge in [-0.3, -0.25) is 14.6 Å². The number of rotatable bonds is 6. The van der Waals surface area contributed by atoms with Gasteiger partial charge in [0.1, 0.15) is 27.4 Å². The minimum atomic E-state index is -0.377. The molecule has 2 heterocycles. The van der Waals surface area contributed by atoms with Crippen LogP contribution in [0.1, 0.15) is 25.3 Å². The van der Waals surface area contributed by atoms with E-state index in [1.165, 1.54) is 30.9 Å². The van der Waals surface area contributed by atoms with Crippen molar-refractivity contribution in [3.05, 3.63) is 40.0 Å². The number of aromatic nitrogens is 2. The third-order valence-corrected chi connectivity index (χ3v) is 6.69. The molecule has 1 aliphatic carbocycles.